The number of thiazole rings is 1. The summed E-state index contributed by atoms with van der Waals surface area (Å²) in [5, 5.41) is 24.3. The summed E-state index contributed by atoms with van der Waals surface area (Å²) in [7, 11) is 1.23. The van der Waals surface area contributed by atoms with Gasteiger partial charge in [-0.05, 0) is 12.1 Å². The van der Waals surface area contributed by atoms with Gasteiger partial charge in [0.15, 0.2) is 29.8 Å². The molecule has 2 amide bonds. The van der Waals surface area contributed by atoms with E-state index in [0.29, 0.717) is 16.7 Å². The first-order valence-electron chi connectivity index (χ1n) is 13.8. The minimum atomic E-state index is -1.27. The Morgan fingerprint density at radius 3 is 2.79 bits per heavy atom. The maximum atomic E-state index is 14.8. The number of pyridine rings is 1. The summed E-state index contributed by atoms with van der Waals surface area (Å²) in [6.45, 7) is 0.381. The van der Waals surface area contributed by atoms with Gasteiger partial charge in [-0.25, -0.2) is 14.2 Å². The number of carboxylic acids is 1. The summed E-state index contributed by atoms with van der Waals surface area (Å²) >= 11 is 8.41. The molecule has 2 atom stereocenters. The molecule has 0 spiro atoms. The summed E-state index contributed by atoms with van der Waals surface area (Å²) < 4.78 is 18.5. The monoisotopic (exact) mass is 698 g/mol. The number of nitrogens with one attached hydrogen (secondary N) is 2. The van der Waals surface area contributed by atoms with Gasteiger partial charge in [-0.3, -0.25) is 19.9 Å². The third kappa shape index (κ3) is 5.99. The Bertz CT molecular complexity index is 2040. The van der Waals surface area contributed by atoms with Gasteiger partial charge in [-0.15, -0.1) is 11.8 Å². The molecule has 1 aromatic carbocycles. The minimum Gasteiger partial charge on any atom is -0.477 e. The Labute approximate surface area is 278 Å². The Kier molecular flexibility index (Phi) is 8.61. The zero-order valence-corrected chi connectivity index (χ0v) is 26.8. The van der Waals surface area contributed by atoms with E-state index in [-0.39, 0.29) is 51.2 Å². The summed E-state index contributed by atoms with van der Waals surface area (Å²) in [6, 6.07) is 7.12. The molecule has 0 unspecified atom stereocenters. The number of nitrogens with two attached hydrogens (primary N) is 2. The van der Waals surface area contributed by atoms with Gasteiger partial charge in [0, 0.05) is 40.1 Å². The molecule has 1 saturated heterocycles. The third-order valence-electron chi connectivity index (χ3n) is 7.61. The maximum Gasteiger partial charge on any atom is 0.352 e. The van der Waals surface area contributed by atoms with Crippen LogP contribution >= 0.6 is 34.7 Å². The van der Waals surface area contributed by atoms with Gasteiger partial charge in [0.05, 0.1) is 6.54 Å². The standard InChI is InChI=1S/C29H25ClFN9O5S2/c1-45-37-20(19-23(30)47-29(34)36-19)25(41)35-21-26(42)40-22(28(43)44)16(12-46-27(21)40)9-38-6-4-13-5-7-39(18(13)11-38)10-15-3-2-14(24(32)33)8-17(15)31/h2-8,11,21,27H,9-10,12H2,1H3,(H6-,32,33,34,35,36,41,43,44)/p+1/b37-20-/t21-,27-/m1/s1. The van der Waals surface area contributed by atoms with Crippen molar-refractivity contribution in [3.63, 3.8) is 0 Å². The maximum absolute atomic E-state index is 14.8. The van der Waals surface area contributed by atoms with Crippen molar-refractivity contribution in [3.05, 3.63) is 87.2 Å². The first-order valence-corrected chi connectivity index (χ1v) is 16.1. The topological polar surface area (TPSA) is 206 Å². The van der Waals surface area contributed by atoms with E-state index >= 15 is 0 Å². The Balaban J connectivity index is 1.21. The zero-order valence-electron chi connectivity index (χ0n) is 24.4. The third-order valence-corrected chi connectivity index (χ3v) is 10.0. The second-order valence-corrected chi connectivity index (χ2v) is 13.3. The molecule has 5 heterocycles. The number of aliphatic carboxylic acids is 1. The summed E-state index contributed by atoms with van der Waals surface area (Å²) in [5.41, 5.74) is 12.7. The number of β-lactam (4-membered cyclic amide) rings is 1. The molecule has 3 aromatic heterocycles. The first kappa shape index (κ1) is 32.0. The van der Waals surface area contributed by atoms with Crippen molar-refractivity contribution < 1.29 is 33.3 Å². The number of amides is 2. The van der Waals surface area contributed by atoms with Gasteiger partial charge in [-0.1, -0.05) is 40.2 Å². The molecule has 0 saturated carbocycles. The van der Waals surface area contributed by atoms with Crippen molar-refractivity contribution in [1.82, 2.24) is 19.8 Å². The molecule has 0 bridgehead atoms. The van der Waals surface area contributed by atoms with Crippen molar-refractivity contribution >= 4 is 80.1 Å². The van der Waals surface area contributed by atoms with Gasteiger partial charge >= 0.3 is 5.97 Å². The number of hydrogen-bond donors (Lipinski definition) is 5. The highest BCUT2D eigenvalue weighted by molar-refractivity contribution is 8.00. The van der Waals surface area contributed by atoms with Crippen LogP contribution in [0.4, 0.5) is 9.52 Å². The van der Waals surface area contributed by atoms with Crippen molar-refractivity contribution in [2.45, 2.75) is 24.5 Å². The number of nitrogens with zero attached hydrogens (tertiary/aromatic N) is 5. The van der Waals surface area contributed by atoms with Crippen LogP contribution in [0.25, 0.3) is 10.9 Å². The molecule has 2 aliphatic heterocycles. The van der Waals surface area contributed by atoms with Crippen LogP contribution in [-0.2, 0) is 32.3 Å². The Hall–Kier alpha value is -5.00. The lowest BCUT2D eigenvalue weighted by Crippen LogP contribution is -2.71. The van der Waals surface area contributed by atoms with Gasteiger partial charge in [-0.2, -0.15) is 4.57 Å². The van der Waals surface area contributed by atoms with Crippen LogP contribution in [0.2, 0.25) is 4.34 Å². The van der Waals surface area contributed by atoms with Crippen molar-refractivity contribution in [2.24, 2.45) is 10.9 Å². The Morgan fingerprint density at radius 2 is 2.13 bits per heavy atom. The first-order chi connectivity index (χ1) is 22.5. The van der Waals surface area contributed by atoms with Gasteiger partial charge in [0.25, 0.3) is 11.8 Å². The second kappa shape index (κ2) is 12.7. The van der Waals surface area contributed by atoms with Crippen LogP contribution in [-0.4, -0.2) is 73.2 Å². The lowest BCUT2D eigenvalue weighted by atomic mass is 10.0. The number of fused-ring (bicyclic) bond motifs is 2. The molecule has 2 aliphatic rings. The molecule has 47 heavy (non-hydrogen) atoms. The number of nitrogen functional groups attached to an aromatic ring is 2. The fraction of sp³-hybridized carbons (Fsp3) is 0.207. The number of benzene rings is 1. The number of rotatable bonds is 10. The van der Waals surface area contributed by atoms with E-state index in [0.717, 1.165) is 22.2 Å². The summed E-state index contributed by atoms with van der Waals surface area (Å²) in [6.07, 6.45) is 5.45. The van der Waals surface area contributed by atoms with Crippen molar-refractivity contribution in [3.8, 4) is 0 Å². The van der Waals surface area contributed by atoms with Crippen LogP contribution in [0.1, 0.15) is 16.8 Å². The number of aromatic nitrogens is 3. The quantitative estimate of drug-likeness (QED) is 0.0538. The van der Waals surface area contributed by atoms with E-state index < -0.39 is 35.0 Å². The average Bonchev–Trinajstić information content (AvgIpc) is 3.59. The minimum absolute atomic E-state index is 0.00184. The number of hydrogen-bond acceptors (Lipinski definition) is 10. The van der Waals surface area contributed by atoms with E-state index in [2.05, 4.69) is 15.5 Å². The lowest BCUT2D eigenvalue weighted by molar-refractivity contribution is -0.687. The van der Waals surface area contributed by atoms with E-state index in [4.69, 9.17) is 33.3 Å². The number of carbonyl (C=O) groups excluding carboxylic acids is 2. The van der Waals surface area contributed by atoms with Crippen molar-refractivity contribution in [2.75, 3.05) is 18.6 Å². The largest absolute Gasteiger partial charge is 0.477 e. The van der Waals surface area contributed by atoms with Gasteiger partial charge in [0.1, 0.15) is 51.4 Å². The zero-order chi connectivity index (χ0) is 33.6. The number of thioether (sulfide) groups is 1. The molecule has 1 fully saturated rings. The highest BCUT2D eigenvalue weighted by atomic mass is 35.5. The van der Waals surface area contributed by atoms with Crippen LogP contribution in [0.5, 0.6) is 0 Å². The van der Waals surface area contributed by atoms with Crippen LogP contribution < -0.4 is 21.4 Å². The number of carbonyl (C=O) groups is 3. The molecular weight excluding hydrogens is 673 g/mol. The highest BCUT2D eigenvalue weighted by Crippen LogP contribution is 2.40. The van der Waals surface area contributed by atoms with Crippen LogP contribution in [0.3, 0.4) is 0 Å². The van der Waals surface area contributed by atoms with E-state index in [9.17, 15) is 23.9 Å². The number of amidine groups is 1. The average molecular weight is 699 g/mol. The second-order valence-electron chi connectivity index (χ2n) is 10.5. The van der Waals surface area contributed by atoms with Crippen molar-refractivity contribution in [1.29, 1.82) is 5.41 Å². The molecule has 14 nitrogen and oxygen atoms in total. The molecule has 0 aliphatic carbocycles. The van der Waals surface area contributed by atoms with Crippen LogP contribution in [0, 0.1) is 11.2 Å². The fourth-order valence-electron chi connectivity index (χ4n) is 5.41. The number of carboxylic acid groups (broad SMARTS) is 1. The predicted molar refractivity (Wildman–Crippen MR) is 173 cm³/mol. The number of halogens is 2. The number of anilines is 1. The van der Waals surface area contributed by atoms with E-state index in [1.807, 2.05) is 29.1 Å². The fourth-order valence-corrected chi connectivity index (χ4v) is 7.68. The summed E-state index contributed by atoms with van der Waals surface area (Å²) in [5.74, 6) is -3.09. The normalized spacial score (nSPS) is 17.8. The SMILES string of the molecule is CO/N=C(\C(=O)N[C@@H]1C(=O)N2C(C(=O)O)=C(C[n+]3ccc4ccn(Cc5ccc(C(=N)N)cc5F)c4c3)CS[C@H]12)c1nc(N)sc1Cl. The number of oxime groups is 1. The molecule has 6 rings (SSSR count). The molecule has 242 valence electrons. The lowest BCUT2D eigenvalue weighted by Gasteiger charge is -2.49. The van der Waals surface area contributed by atoms with E-state index in [1.165, 1.54) is 29.8 Å². The summed E-state index contributed by atoms with van der Waals surface area (Å²) in [4.78, 5) is 48.9. The van der Waals surface area contributed by atoms with Gasteiger partial charge < -0.3 is 31.3 Å². The molecular formula is C29H26ClFN9O5S2+. The molecule has 4 aromatic rings. The van der Waals surface area contributed by atoms with E-state index in [1.54, 1.807) is 22.9 Å². The Morgan fingerprint density at radius 1 is 1.34 bits per heavy atom. The molecule has 7 N–H and O–H groups in total. The molecule has 0 radical (unpaired) electrons. The highest BCUT2D eigenvalue weighted by Gasteiger charge is 2.55. The predicted octanol–water partition coefficient (Wildman–Crippen LogP) is 1.88. The van der Waals surface area contributed by atoms with Gasteiger partial charge in [0.2, 0.25) is 0 Å². The van der Waals surface area contributed by atoms with Crippen LogP contribution in [0.15, 0.2) is 65.3 Å². The molecule has 18 heteroatoms. The smallest absolute Gasteiger partial charge is 0.352 e.